The molecule has 1 fully saturated rings. The van der Waals surface area contributed by atoms with Crippen molar-refractivity contribution in [3.8, 4) is 0 Å². The summed E-state index contributed by atoms with van der Waals surface area (Å²) in [4.78, 5) is 25.6. The second-order valence-electron chi connectivity index (χ2n) is 6.32. The summed E-state index contributed by atoms with van der Waals surface area (Å²) in [6, 6.07) is 8.87. The van der Waals surface area contributed by atoms with Crippen LogP contribution < -0.4 is 10.9 Å². The molecule has 0 radical (unpaired) electrons. The number of rotatable bonds is 6. The fourth-order valence-corrected chi connectivity index (χ4v) is 4.38. The van der Waals surface area contributed by atoms with Gasteiger partial charge in [-0.3, -0.25) is 9.59 Å². The van der Waals surface area contributed by atoms with Crippen LogP contribution in [0, 0.1) is 0 Å². The van der Waals surface area contributed by atoms with E-state index in [0.717, 1.165) is 30.6 Å². The minimum Gasteiger partial charge on any atom is -0.389 e. The van der Waals surface area contributed by atoms with Crippen LogP contribution in [0.4, 0.5) is 0 Å². The van der Waals surface area contributed by atoms with E-state index >= 15 is 0 Å². The van der Waals surface area contributed by atoms with Gasteiger partial charge >= 0.3 is 0 Å². The molecule has 2 aromatic rings. The van der Waals surface area contributed by atoms with Gasteiger partial charge in [-0.1, -0.05) is 25.0 Å². The molecule has 0 aromatic carbocycles. The van der Waals surface area contributed by atoms with Gasteiger partial charge in [-0.05, 0) is 30.4 Å². The van der Waals surface area contributed by atoms with Crippen molar-refractivity contribution in [3.05, 3.63) is 57.1 Å². The van der Waals surface area contributed by atoms with Crippen LogP contribution in [-0.2, 0) is 16.8 Å². The van der Waals surface area contributed by atoms with Gasteiger partial charge in [-0.2, -0.15) is 0 Å². The lowest BCUT2D eigenvalue weighted by Gasteiger charge is -2.27. The van der Waals surface area contributed by atoms with Gasteiger partial charge in [0.1, 0.15) is 0 Å². The summed E-state index contributed by atoms with van der Waals surface area (Å²) in [5.41, 5.74) is -0.606. The highest BCUT2D eigenvalue weighted by molar-refractivity contribution is 7.10. The molecule has 1 atom stereocenters. The number of carbonyl (C=O) groups is 1. The van der Waals surface area contributed by atoms with Crippen molar-refractivity contribution < 1.29 is 9.90 Å². The zero-order chi connectivity index (χ0) is 17.0. The molecule has 6 heteroatoms. The van der Waals surface area contributed by atoms with E-state index in [9.17, 15) is 14.7 Å². The van der Waals surface area contributed by atoms with Gasteiger partial charge in [0.05, 0.1) is 18.1 Å². The molecular formula is C18H22N2O3S. The number of nitrogens with zero attached hydrogens (tertiary/aromatic N) is 1. The van der Waals surface area contributed by atoms with Crippen LogP contribution in [0.1, 0.15) is 30.6 Å². The van der Waals surface area contributed by atoms with E-state index in [-0.39, 0.29) is 24.6 Å². The number of hydrogen-bond acceptors (Lipinski definition) is 4. The fourth-order valence-electron chi connectivity index (χ4n) is 3.40. The number of thiophene rings is 1. The van der Waals surface area contributed by atoms with E-state index in [1.165, 1.54) is 10.6 Å². The molecule has 5 nitrogen and oxygen atoms in total. The number of nitrogens with one attached hydrogen (secondary N) is 1. The molecular weight excluding hydrogens is 324 g/mol. The average Bonchev–Trinajstić information content (AvgIpc) is 3.26. The van der Waals surface area contributed by atoms with Crippen molar-refractivity contribution >= 4 is 17.2 Å². The Bertz CT molecular complexity index is 733. The fraction of sp³-hybridized carbons (Fsp3) is 0.444. The molecule has 2 N–H and O–H groups in total. The van der Waals surface area contributed by atoms with Crippen LogP contribution in [0.5, 0.6) is 0 Å². The van der Waals surface area contributed by atoms with Crippen LogP contribution in [0.25, 0.3) is 0 Å². The highest BCUT2D eigenvalue weighted by atomic mass is 32.1. The smallest absolute Gasteiger partial charge is 0.250 e. The van der Waals surface area contributed by atoms with Gasteiger partial charge in [0.25, 0.3) is 5.56 Å². The Labute approximate surface area is 145 Å². The topological polar surface area (TPSA) is 71.3 Å². The van der Waals surface area contributed by atoms with Crippen molar-refractivity contribution in [3.63, 3.8) is 0 Å². The number of carbonyl (C=O) groups excluding carboxylic acids is 1. The number of aliphatic hydroxyl groups excluding tert-OH is 1. The molecule has 2 aromatic heterocycles. The van der Waals surface area contributed by atoms with Crippen LogP contribution in [0.2, 0.25) is 0 Å². The molecule has 1 saturated carbocycles. The van der Waals surface area contributed by atoms with Gasteiger partial charge < -0.3 is 15.0 Å². The SMILES string of the molecule is O=C(NC[C@@H](O)Cn1ccccc1=O)C1(c2cccs2)CCCC1. The molecule has 1 aliphatic rings. The van der Waals surface area contributed by atoms with Crippen molar-refractivity contribution in [1.29, 1.82) is 0 Å². The third-order valence-corrected chi connectivity index (χ3v) is 5.76. The molecule has 1 amide bonds. The van der Waals surface area contributed by atoms with Gasteiger partial charge in [-0.25, -0.2) is 0 Å². The maximum Gasteiger partial charge on any atom is 0.250 e. The number of pyridine rings is 1. The van der Waals surface area contributed by atoms with Crippen LogP contribution in [0.15, 0.2) is 46.7 Å². The molecule has 3 rings (SSSR count). The first kappa shape index (κ1) is 16.9. The van der Waals surface area contributed by atoms with Gasteiger partial charge in [-0.15, -0.1) is 11.3 Å². The summed E-state index contributed by atoms with van der Waals surface area (Å²) >= 11 is 1.62. The molecule has 0 bridgehead atoms. The second-order valence-corrected chi connectivity index (χ2v) is 7.27. The first-order chi connectivity index (χ1) is 11.6. The average molecular weight is 346 g/mol. The number of hydrogen-bond donors (Lipinski definition) is 2. The van der Waals surface area contributed by atoms with E-state index in [1.807, 2.05) is 17.5 Å². The van der Waals surface area contributed by atoms with Crippen molar-refractivity contribution in [2.75, 3.05) is 6.54 Å². The Morgan fingerprint density at radius 1 is 1.29 bits per heavy atom. The van der Waals surface area contributed by atoms with E-state index in [4.69, 9.17) is 0 Å². The zero-order valence-electron chi connectivity index (χ0n) is 13.5. The summed E-state index contributed by atoms with van der Waals surface area (Å²) in [5, 5.41) is 15.1. The predicted octanol–water partition coefficient (Wildman–Crippen LogP) is 1.90. The quantitative estimate of drug-likeness (QED) is 0.839. The highest BCUT2D eigenvalue weighted by Crippen LogP contribution is 2.43. The van der Waals surface area contributed by atoms with Crippen LogP contribution in [0.3, 0.4) is 0 Å². The van der Waals surface area contributed by atoms with E-state index < -0.39 is 11.5 Å². The Balaban J connectivity index is 1.62. The summed E-state index contributed by atoms with van der Waals surface area (Å²) < 4.78 is 1.45. The van der Waals surface area contributed by atoms with Crippen molar-refractivity contribution in [2.45, 2.75) is 43.7 Å². The molecule has 0 spiro atoms. The summed E-state index contributed by atoms with van der Waals surface area (Å²) in [7, 11) is 0. The van der Waals surface area contributed by atoms with Crippen molar-refractivity contribution in [2.24, 2.45) is 0 Å². The number of aliphatic hydroxyl groups is 1. The normalized spacial score (nSPS) is 17.5. The first-order valence-corrected chi connectivity index (χ1v) is 9.16. The van der Waals surface area contributed by atoms with Gasteiger partial charge in [0.2, 0.25) is 5.91 Å². The molecule has 0 unspecified atom stereocenters. The monoisotopic (exact) mass is 346 g/mol. The zero-order valence-corrected chi connectivity index (χ0v) is 14.3. The number of aromatic nitrogens is 1. The van der Waals surface area contributed by atoms with Gasteiger partial charge in [0, 0.05) is 23.7 Å². The molecule has 128 valence electrons. The Morgan fingerprint density at radius 2 is 2.08 bits per heavy atom. The summed E-state index contributed by atoms with van der Waals surface area (Å²) in [6.07, 6.45) is 4.65. The molecule has 1 aliphatic carbocycles. The Hall–Kier alpha value is -1.92. The van der Waals surface area contributed by atoms with E-state index in [1.54, 1.807) is 29.7 Å². The largest absolute Gasteiger partial charge is 0.389 e. The van der Waals surface area contributed by atoms with E-state index in [2.05, 4.69) is 5.32 Å². The van der Waals surface area contributed by atoms with Crippen LogP contribution in [-0.4, -0.2) is 28.2 Å². The molecule has 2 heterocycles. The number of amides is 1. The summed E-state index contributed by atoms with van der Waals surface area (Å²) in [6.45, 7) is 0.319. The Kier molecular flexibility index (Phi) is 5.16. The predicted molar refractivity (Wildman–Crippen MR) is 94.2 cm³/mol. The maximum atomic E-state index is 12.8. The minimum atomic E-state index is -0.796. The Morgan fingerprint density at radius 3 is 2.75 bits per heavy atom. The lowest BCUT2D eigenvalue weighted by molar-refractivity contribution is -0.127. The molecule has 0 saturated heterocycles. The molecule has 0 aliphatic heterocycles. The third-order valence-electron chi connectivity index (χ3n) is 4.69. The first-order valence-electron chi connectivity index (χ1n) is 8.28. The summed E-state index contributed by atoms with van der Waals surface area (Å²) in [5.74, 6) is -0.0121. The van der Waals surface area contributed by atoms with Gasteiger partial charge in [0.15, 0.2) is 0 Å². The third kappa shape index (κ3) is 3.44. The minimum absolute atomic E-state index is 0.0121. The second kappa shape index (κ2) is 7.32. The molecule has 24 heavy (non-hydrogen) atoms. The lowest BCUT2D eigenvalue weighted by Crippen LogP contribution is -2.45. The van der Waals surface area contributed by atoms with E-state index in [0.29, 0.717) is 0 Å². The highest BCUT2D eigenvalue weighted by Gasteiger charge is 2.43. The maximum absolute atomic E-state index is 12.8. The van der Waals surface area contributed by atoms with Crippen LogP contribution >= 0.6 is 11.3 Å². The lowest BCUT2D eigenvalue weighted by atomic mass is 9.83. The van der Waals surface area contributed by atoms with Crippen molar-refractivity contribution in [1.82, 2.24) is 9.88 Å². The standard InChI is InChI=1S/C18H22N2O3S/c21-14(13-20-10-4-1-7-16(20)22)12-19-17(23)18(8-2-3-9-18)15-6-5-11-24-15/h1,4-7,10-11,14,21H,2-3,8-9,12-13H2,(H,19,23)/t14-/m1/s1.